The van der Waals surface area contributed by atoms with E-state index in [0.717, 1.165) is 12.8 Å². The molecule has 0 fully saturated rings. The average Bonchev–Trinajstić information content (AvgIpc) is 2.12. The van der Waals surface area contributed by atoms with Gasteiger partial charge >= 0.3 is 5.97 Å². The molecule has 0 spiro atoms. The first-order valence-electron chi connectivity index (χ1n) is 5.34. The Balaban J connectivity index is 3.89. The Morgan fingerprint density at radius 2 is 2.00 bits per heavy atom. The lowest BCUT2D eigenvalue weighted by molar-refractivity contribution is -0.137. The lowest BCUT2D eigenvalue weighted by Gasteiger charge is -2.14. The Kier molecular flexibility index (Phi) is 7.27. The molecule has 0 saturated carbocycles. The van der Waals surface area contributed by atoms with Gasteiger partial charge in [-0.1, -0.05) is 19.8 Å². The topological polar surface area (TPSA) is 109 Å². The van der Waals surface area contributed by atoms with Gasteiger partial charge in [-0.25, -0.2) is 9.86 Å². The van der Waals surface area contributed by atoms with Crippen molar-refractivity contribution in [1.29, 1.82) is 0 Å². The van der Waals surface area contributed by atoms with Gasteiger partial charge in [-0.2, -0.15) is 8.42 Å². The summed E-state index contributed by atoms with van der Waals surface area (Å²) >= 11 is 0. The zero-order chi connectivity index (χ0) is 12.6. The first-order valence-corrected chi connectivity index (χ1v) is 6.89. The van der Waals surface area contributed by atoms with Gasteiger partial charge in [0.15, 0.2) is 0 Å². The van der Waals surface area contributed by atoms with Crippen molar-refractivity contribution >= 4 is 16.2 Å². The lowest BCUT2D eigenvalue weighted by Crippen LogP contribution is -2.32. The Morgan fingerprint density at radius 1 is 1.38 bits per heavy atom. The van der Waals surface area contributed by atoms with Crippen LogP contribution in [0.1, 0.15) is 39.0 Å². The molecule has 16 heavy (non-hydrogen) atoms. The van der Waals surface area contributed by atoms with Crippen LogP contribution in [0, 0.1) is 5.92 Å². The molecule has 0 aliphatic carbocycles. The summed E-state index contributed by atoms with van der Waals surface area (Å²) in [6.45, 7) is 2.28. The smallest absolute Gasteiger partial charge is 0.303 e. The second-order valence-corrected chi connectivity index (χ2v) is 5.19. The third-order valence-electron chi connectivity index (χ3n) is 2.32. The highest BCUT2D eigenvalue weighted by molar-refractivity contribution is 7.87. The summed E-state index contributed by atoms with van der Waals surface area (Å²) in [5.74, 6) is -0.587. The minimum Gasteiger partial charge on any atom is -0.481 e. The Bertz CT molecular complexity index is 303. The van der Waals surface area contributed by atoms with Crippen molar-refractivity contribution in [3.63, 3.8) is 0 Å². The van der Waals surface area contributed by atoms with E-state index >= 15 is 0 Å². The van der Waals surface area contributed by atoms with Crippen LogP contribution in [-0.4, -0.2) is 26.0 Å². The van der Waals surface area contributed by atoms with Crippen molar-refractivity contribution in [2.75, 3.05) is 6.54 Å². The molecule has 1 atom stereocenters. The van der Waals surface area contributed by atoms with Gasteiger partial charge in [0.05, 0.1) is 0 Å². The Morgan fingerprint density at radius 3 is 2.44 bits per heavy atom. The molecule has 0 aromatic rings. The van der Waals surface area contributed by atoms with Gasteiger partial charge in [0.25, 0.3) is 10.2 Å². The maximum atomic E-state index is 10.6. The lowest BCUT2D eigenvalue weighted by atomic mass is 9.95. The van der Waals surface area contributed by atoms with E-state index in [-0.39, 0.29) is 18.9 Å². The van der Waals surface area contributed by atoms with E-state index in [9.17, 15) is 13.2 Å². The van der Waals surface area contributed by atoms with Gasteiger partial charge in [0.2, 0.25) is 0 Å². The van der Waals surface area contributed by atoms with Crippen molar-refractivity contribution in [2.24, 2.45) is 11.1 Å². The number of hydrogen-bond acceptors (Lipinski definition) is 3. The van der Waals surface area contributed by atoms with Crippen molar-refractivity contribution in [2.45, 2.75) is 39.0 Å². The summed E-state index contributed by atoms with van der Waals surface area (Å²) < 4.78 is 23.4. The predicted molar refractivity (Wildman–Crippen MR) is 61.0 cm³/mol. The molecule has 7 heteroatoms. The fourth-order valence-corrected chi connectivity index (χ4v) is 1.98. The van der Waals surface area contributed by atoms with Crippen LogP contribution in [0.2, 0.25) is 0 Å². The van der Waals surface area contributed by atoms with Gasteiger partial charge in [0, 0.05) is 13.0 Å². The van der Waals surface area contributed by atoms with Gasteiger partial charge in [-0.05, 0) is 18.8 Å². The first kappa shape index (κ1) is 15.3. The highest BCUT2D eigenvalue weighted by Gasteiger charge is 2.11. The largest absolute Gasteiger partial charge is 0.481 e. The maximum Gasteiger partial charge on any atom is 0.303 e. The fourth-order valence-electron chi connectivity index (χ4n) is 1.57. The van der Waals surface area contributed by atoms with Crippen LogP contribution in [-0.2, 0) is 15.0 Å². The standard InChI is InChI=1S/C9H20N2O4S/c1-2-3-8(4-5-9(12)13)6-7-11-16(10,14)15/h8,11H,2-7H2,1H3,(H,12,13)(H2,10,14,15). The van der Waals surface area contributed by atoms with E-state index in [2.05, 4.69) is 4.72 Å². The van der Waals surface area contributed by atoms with Crippen LogP contribution < -0.4 is 9.86 Å². The number of nitrogens with two attached hydrogens (primary N) is 1. The van der Waals surface area contributed by atoms with Gasteiger partial charge in [-0.15, -0.1) is 0 Å². The van der Waals surface area contributed by atoms with Crippen LogP contribution in [0.3, 0.4) is 0 Å². The number of hydrogen-bond donors (Lipinski definition) is 3. The molecule has 0 aromatic heterocycles. The monoisotopic (exact) mass is 252 g/mol. The summed E-state index contributed by atoms with van der Waals surface area (Å²) in [5, 5.41) is 13.3. The maximum absolute atomic E-state index is 10.6. The molecule has 0 saturated heterocycles. The van der Waals surface area contributed by atoms with Crippen molar-refractivity contribution in [1.82, 2.24) is 4.72 Å². The molecule has 1 unspecified atom stereocenters. The normalized spacial score (nSPS) is 13.6. The molecule has 0 amide bonds. The van der Waals surface area contributed by atoms with E-state index < -0.39 is 16.2 Å². The first-order chi connectivity index (χ1) is 7.35. The second kappa shape index (κ2) is 7.59. The summed E-state index contributed by atoms with van der Waals surface area (Å²) in [6.07, 6.45) is 3.19. The molecule has 96 valence electrons. The zero-order valence-corrected chi connectivity index (χ0v) is 10.3. The molecule has 0 heterocycles. The average molecular weight is 252 g/mol. The number of aliphatic carboxylic acids is 1. The van der Waals surface area contributed by atoms with E-state index in [4.69, 9.17) is 10.2 Å². The molecule has 0 aliphatic heterocycles. The Labute approximate surface area is 96.4 Å². The molecule has 0 radical (unpaired) electrons. The van der Waals surface area contributed by atoms with E-state index in [1.54, 1.807) is 0 Å². The summed E-state index contributed by atoms with van der Waals surface area (Å²) in [6, 6.07) is 0. The molecule has 0 aliphatic rings. The molecular formula is C9H20N2O4S. The van der Waals surface area contributed by atoms with Crippen molar-refractivity contribution in [3.05, 3.63) is 0 Å². The van der Waals surface area contributed by atoms with Crippen molar-refractivity contribution in [3.8, 4) is 0 Å². The molecule has 0 rings (SSSR count). The van der Waals surface area contributed by atoms with Gasteiger partial charge in [0.1, 0.15) is 0 Å². The zero-order valence-electron chi connectivity index (χ0n) is 9.48. The predicted octanol–water partition coefficient (Wildman–Crippen LogP) is 0.451. The van der Waals surface area contributed by atoms with E-state index in [1.165, 1.54) is 0 Å². The molecule has 0 aromatic carbocycles. The Hall–Kier alpha value is -0.660. The van der Waals surface area contributed by atoms with Crippen molar-refractivity contribution < 1.29 is 18.3 Å². The van der Waals surface area contributed by atoms with Gasteiger partial charge in [-0.3, -0.25) is 4.79 Å². The molecule has 6 nitrogen and oxygen atoms in total. The molecule has 0 bridgehead atoms. The third-order valence-corrected chi connectivity index (χ3v) is 2.93. The number of carbonyl (C=O) groups is 1. The quantitative estimate of drug-likeness (QED) is 0.553. The number of carboxylic acid groups (broad SMARTS) is 1. The van der Waals surface area contributed by atoms with Crippen LogP contribution >= 0.6 is 0 Å². The highest BCUT2D eigenvalue weighted by atomic mass is 32.2. The summed E-state index contributed by atoms with van der Waals surface area (Å²) in [5.41, 5.74) is 0. The van der Waals surface area contributed by atoms with Crippen LogP contribution in [0.25, 0.3) is 0 Å². The number of carboxylic acids is 1. The second-order valence-electron chi connectivity index (χ2n) is 3.82. The van der Waals surface area contributed by atoms with Crippen LogP contribution in [0.4, 0.5) is 0 Å². The number of rotatable bonds is 9. The highest BCUT2D eigenvalue weighted by Crippen LogP contribution is 2.17. The SMILES string of the molecule is CCCC(CCNS(N)(=O)=O)CCC(=O)O. The minimum atomic E-state index is -3.63. The van der Waals surface area contributed by atoms with E-state index in [1.807, 2.05) is 6.92 Å². The third kappa shape index (κ3) is 9.88. The molecule has 4 N–H and O–H groups in total. The summed E-state index contributed by atoms with van der Waals surface area (Å²) in [7, 11) is -3.63. The van der Waals surface area contributed by atoms with E-state index in [0.29, 0.717) is 12.8 Å². The van der Waals surface area contributed by atoms with Crippen LogP contribution in [0.15, 0.2) is 0 Å². The number of nitrogens with one attached hydrogen (secondary N) is 1. The summed E-state index contributed by atoms with van der Waals surface area (Å²) in [4.78, 5) is 10.4. The minimum absolute atomic E-state index is 0.125. The van der Waals surface area contributed by atoms with Crippen LogP contribution in [0.5, 0.6) is 0 Å². The fraction of sp³-hybridized carbons (Fsp3) is 0.889. The van der Waals surface area contributed by atoms with Gasteiger partial charge < -0.3 is 5.11 Å². The molecular weight excluding hydrogens is 232 g/mol.